The maximum absolute atomic E-state index is 11.7. The maximum atomic E-state index is 11.7. The van der Waals surface area contributed by atoms with Gasteiger partial charge in [0.15, 0.2) is 0 Å². The van der Waals surface area contributed by atoms with Crippen LogP contribution < -0.4 is 5.32 Å². The number of hydrogen-bond acceptors (Lipinski definition) is 3. The minimum atomic E-state index is -0.0188. The molecule has 0 atom stereocenters. The third-order valence-corrected chi connectivity index (χ3v) is 5.02. The van der Waals surface area contributed by atoms with Crippen LogP contribution in [0.1, 0.15) is 36.4 Å². The van der Waals surface area contributed by atoms with E-state index in [4.69, 9.17) is 0 Å². The molecule has 0 aliphatic rings. The van der Waals surface area contributed by atoms with Gasteiger partial charge in [-0.2, -0.15) is 0 Å². The second-order valence-corrected chi connectivity index (χ2v) is 5.34. The van der Waals surface area contributed by atoms with Crippen molar-refractivity contribution in [2.75, 3.05) is 11.9 Å². The van der Waals surface area contributed by atoms with E-state index < -0.39 is 0 Å². The molecule has 0 aliphatic heterocycles. The molecule has 0 unspecified atom stereocenters. The number of nitrogens with one attached hydrogen (secondary N) is 1. The summed E-state index contributed by atoms with van der Waals surface area (Å²) in [7, 11) is 0. The molecule has 0 aromatic carbocycles. The van der Waals surface area contributed by atoms with Crippen molar-refractivity contribution < 1.29 is 4.79 Å². The summed E-state index contributed by atoms with van der Waals surface area (Å²) in [6.07, 6.45) is 3.71. The summed E-state index contributed by atoms with van der Waals surface area (Å²) in [6, 6.07) is 0. The lowest BCUT2D eigenvalue weighted by atomic mass is 9.84. The van der Waals surface area contributed by atoms with Crippen molar-refractivity contribution in [1.29, 1.82) is 0 Å². The molecule has 3 nitrogen and oxygen atoms in total. The van der Waals surface area contributed by atoms with Gasteiger partial charge in [0.05, 0.1) is 11.7 Å². The van der Waals surface area contributed by atoms with Crippen molar-refractivity contribution in [3.63, 3.8) is 0 Å². The van der Waals surface area contributed by atoms with E-state index in [2.05, 4.69) is 40.1 Å². The molecule has 0 fully saturated rings. The number of amides is 1. The van der Waals surface area contributed by atoms with Crippen LogP contribution in [0.2, 0.25) is 0 Å². The highest BCUT2D eigenvalue weighted by Gasteiger charge is 2.25. The van der Waals surface area contributed by atoms with Gasteiger partial charge in [-0.15, -0.1) is 11.3 Å². The molecule has 0 saturated carbocycles. The van der Waals surface area contributed by atoms with E-state index in [0.29, 0.717) is 11.4 Å². The van der Waals surface area contributed by atoms with Gasteiger partial charge in [0, 0.05) is 11.9 Å². The van der Waals surface area contributed by atoms with Crippen LogP contribution in [0.3, 0.4) is 0 Å². The van der Waals surface area contributed by atoms with E-state index in [9.17, 15) is 4.79 Å². The Morgan fingerprint density at radius 1 is 1.56 bits per heavy atom. The number of carbonyl (C=O) groups excluding carboxylic acids is 1. The smallest absolute Gasteiger partial charge is 0.263 e. The predicted octanol–water partition coefficient (Wildman–Crippen LogP) is 3.07. The first kappa shape index (κ1) is 13.6. The minimum absolute atomic E-state index is 0.0188. The van der Waals surface area contributed by atoms with E-state index in [-0.39, 0.29) is 11.3 Å². The lowest BCUT2D eigenvalue weighted by Gasteiger charge is -2.29. The summed E-state index contributed by atoms with van der Waals surface area (Å²) in [5, 5.41) is 3.89. The van der Waals surface area contributed by atoms with Crippen molar-refractivity contribution >= 4 is 33.2 Å². The summed E-state index contributed by atoms with van der Waals surface area (Å²) in [5.74, 6) is -0.0188. The fraction of sp³-hybridized carbons (Fsp3) is 0.636. The number of aromatic nitrogens is 1. The Morgan fingerprint density at radius 3 is 2.69 bits per heavy atom. The van der Waals surface area contributed by atoms with Crippen molar-refractivity contribution in [1.82, 2.24) is 10.3 Å². The topological polar surface area (TPSA) is 42.0 Å². The zero-order valence-corrected chi connectivity index (χ0v) is 12.0. The summed E-state index contributed by atoms with van der Waals surface area (Å²) in [4.78, 5) is 16.3. The molecule has 1 N–H and O–H groups in total. The Hall–Kier alpha value is -0.420. The van der Waals surface area contributed by atoms with Crippen LogP contribution >= 0.6 is 27.3 Å². The van der Waals surface area contributed by atoms with Crippen LogP contribution in [-0.4, -0.2) is 22.8 Å². The number of carbonyl (C=O) groups is 1. The summed E-state index contributed by atoms with van der Waals surface area (Å²) < 4.78 is 0. The predicted molar refractivity (Wildman–Crippen MR) is 71.3 cm³/mol. The van der Waals surface area contributed by atoms with Crippen molar-refractivity contribution in [3.05, 3.63) is 16.6 Å². The summed E-state index contributed by atoms with van der Waals surface area (Å²) in [5.41, 5.74) is 1.84. The minimum Gasteiger partial charge on any atom is -0.351 e. The zero-order chi connectivity index (χ0) is 12.0. The standard InChI is InChI=1S/C11H17BrN2OS/c1-3-11(4-2,6-12)7-14-10(15)9-5-13-8-16-9/h5,8H,3-4,6-7H2,1-2H3,(H,14,15). The highest BCUT2D eigenvalue weighted by molar-refractivity contribution is 9.09. The van der Waals surface area contributed by atoms with Gasteiger partial charge >= 0.3 is 0 Å². The highest BCUT2D eigenvalue weighted by Crippen LogP contribution is 2.27. The molecule has 1 heterocycles. The molecule has 1 aromatic rings. The molecule has 16 heavy (non-hydrogen) atoms. The van der Waals surface area contributed by atoms with Crippen molar-refractivity contribution in [3.8, 4) is 0 Å². The third kappa shape index (κ3) is 3.28. The van der Waals surface area contributed by atoms with Crippen LogP contribution in [-0.2, 0) is 0 Å². The lowest BCUT2D eigenvalue weighted by Crippen LogP contribution is -2.37. The van der Waals surface area contributed by atoms with Crippen molar-refractivity contribution in [2.45, 2.75) is 26.7 Å². The van der Waals surface area contributed by atoms with Gasteiger partial charge in [-0.25, -0.2) is 0 Å². The average molecular weight is 305 g/mol. The molecule has 0 saturated heterocycles. The number of halogens is 1. The van der Waals surface area contributed by atoms with Gasteiger partial charge in [0.25, 0.3) is 5.91 Å². The van der Waals surface area contributed by atoms with Crippen LogP contribution in [0.4, 0.5) is 0 Å². The number of alkyl halides is 1. The summed E-state index contributed by atoms with van der Waals surface area (Å²) >= 11 is 4.90. The van der Waals surface area contributed by atoms with Gasteiger partial charge in [-0.3, -0.25) is 9.78 Å². The molecule has 1 rings (SSSR count). The molecular formula is C11H17BrN2OS. The molecule has 1 amide bonds. The molecule has 0 radical (unpaired) electrons. The Labute approximate surface area is 109 Å². The molecule has 5 heteroatoms. The van der Waals surface area contributed by atoms with E-state index >= 15 is 0 Å². The molecule has 0 spiro atoms. The van der Waals surface area contributed by atoms with Crippen LogP contribution in [0, 0.1) is 5.41 Å². The fourth-order valence-corrected chi connectivity index (χ4v) is 2.95. The maximum Gasteiger partial charge on any atom is 0.263 e. The first-order chi connectivity index (χ1) is 7.67. The molecule has 1 aromatic heterocycles. The van der Waals surface area contributed by atoms with E-state index in [0.717, 1.165) is 18.2 Å². The van der Waals surface area contributed by atoms with E-state index in [1.165, 1.54) is 11.3 Å². The Kier molecular flexibility index (Phi) is 5.41. The monoisotopic (exact) mass is 304 g/mol. The van der Waals surface area contributed by atoms with Gasteiger partial charge in [-0.1, -0.05) is 29.8 Å². The van der Waals surface area contributed by atoms with Crippen LogP contribution in [0.5, 0.6) is 0 Å². The number of rotatable bonds is 6. The molecule has 0 aliphatic carbocycles. The lowest BCUT2D eigenvalue weighted by molar-refractivity contribution is 0.0936. The largest absolute Gasteiger partial charge is 0.351 e. The Morgan fingerprint density at radius 2 is 2.25 bits per heavy atom. The number of hydrogen-bond donors (Lipinski definition) is 1. The van der Waals surface area contributed by atoms with Gasteiger partial charge in [-0.05, 0) is 18.3 Å². The molecule has 90 valence electrons. The van der Waals surface area contributed by atoms with Crippen LogP contribution in [0.15, 0.2) is 11.7 Å². The van der Waals surface area contributed by atoms with Gasteiger partial charge in [0.2, 0.25) is 0 Å². The van der Waals surface area contributed by atoms with Crippen molar-refractivity contribution in [2.24, 2.45) is 5.41 Å². The molecule has 0 bridgehead atoms. The van der Waals surface area contributed by atoms with E-state index in [1.807, 2.05) is 0 Å². The number of thiazole rings is 1. The first-order valence-electron chi connectivity index (χ1n) is 5.40. The normalized spacial score (nSPS) is 11.4. The SMILES string of the molecule is CCC(CC)(CBr)CNC(=O)c1cncs1. The van der Waals surface area contributed by atoms with Crippen LogP contribution in [0.25, 0.3) is 0 Å². The zero-order valence-electron chi connectivity index (χ0n) is 9.62. The van der Waals surface area contributed by atoms with Gasteiger partial charge in [0.1, 0.15) is 4.88 Å². The first-order valence-corrected chi connectivity index (χ1v) is 7.40. The van der Waals surface area contributed by atoms with E-state index in [1.54, 1.807) is 11.7 Å². The number of nitrogens with zero attached hydrogens (tertiary/aromatic N) is 1. The second kappa shape index (κ2) is 6.35. The molecular weight excluding hydrogens is 288 g/mol. The average Bonchev–Trinajstić information content (AvgIpc) is 2.85. The fourth-order valence-electron chi connectivity index (χ4n) is 1.42. The Bertz CT molecular complexity index is 314. The summed E-state index contributed by atoms with van der Waals surface area (Å²) in [6.45, 7) is 5.02. The Balaban J connectivity index is 2.53. The quantitative estimate of drug-likeness (QED) is 0.821. The van der Waals surface area contributed by atoms with Gasteiger partial charge < -0.3 is 5.32 Å². The third-order valence-electron chi connectivity index (χ3n) is 3.06. The highest BCUT2D eigenvalue weighted by atomic mass is 79.9. The second-order valence-electron chi connectivity index (χ2n) is 3.89.